The van der Waals surface area contributed by atoms with E-state index in [1.54, 1.807) is 36.7 Å². The highest BCUT2D eigenvalue weighted by molar-refractivity contribution is 7.90. The highest BCUT2D eigenvalue weighted by atomic mass is 32.2. The molecule has 2 N–H and O–H groups in total. The van der Waals surface area contributed by atoms with Crippen LogP contribution >= 0.6 is 0 Å². The molecule has 0 radical (unpaired) electrons. The number of carbonyl (C=O) groups is 1. The van der Waals surface area contributed by atoms with Crippen LogP contribution in [-0.2, 0) is 21.2 Å². The molecular formula is C22H22N4O3S. The number of carbonyl (C=O) groups excluding carboxylic acids is 1. The molecule has 1 unspecified atom stereocenters. The molecule has 0 saturated carbocycles. The molecule has 154 valence electrons. The molecular weight excluding hydrogens is 400 g/mol. The van der Waals surface area contributed by atoms with E-state index >= 15 is 0 Å². The Balaban J connectivity index is 1.63. The number of rotatable bonds is 4. The van der Waals surface area contributed by atoms with E-state index in [2.05, 4.69) is 21.7 Å². The number of nitrogens with zero attached hydrogens (tertiary/aromatic N) is 2. The highest BCUT2D eigenvalue weighted by Crippen LogP contribution is 2.33. The van der Waals surface area contributed by atoms with Gasteiger partial charge in [0.1, 0.15) is 6.29 Å². The Morgan fingerprint density at radius 3 is 2.90 bits per heavy atom. The van der Waals surface area contributed by atoms with Gasteiger partial charge in [-0.2, -0.15) is 0 Å². The lowest BCUT2D eigenvalue weighted by Crippen LogP contribution is -2.27. The summed E-state index contributed by atoms with van der Waals surface area (Å²) in [6.07, 6.45) is 8.61. The fourth-order valence-corrected chi connectivity index (χ4v) is 5.58. The standard InChI is InChI=1S/C22H22N4O3S/c27-14-17-5-3-16-4-6-18(12-20(16)25-17)30(28,29)26-13-19(15-7-10-23-11-8-15)22-21(26)2-1-9-24-22/h1-2,4,6-7,9,12-14,17,23,25H,3,5,8,10-11H2. The Bertz CT molecular complexity index is 1280. The summed E-state index contributed by atoms with van der Waals surface area (Å²) in [4.78, 5) is 15.8. The lowest BCUT2D eigenvalue weighted by Gasteiger charge is -2.23. The van der Waals surface area contributed by atoms with Crippen LogP contribution in [0.3, 0.4) is 0 Å². The molecule has 1 aromatic carbocycles. The van der Waals surface area contributed by atoms with Crippen molar-refractivity contribution in [2.24, 2.45) is 0 Å². The second-order valence-corrected chi connectivity index (χ2v) is 9.46. The van der Waals surface area contributed by atoms with Gasteiger partial charge in [-0.15, -0.1) is 0 Å². The number of benzene rings is 1. The second-order valence-electron chi connectivity index (χ2n) is 7.64. The summed E-state index contributed by atoms with van der Waals surface area (Å²) in [7, 11) is -3.84. The molecule has 0 bridgehead atoms. The number of aldehydes is 1. The van der Waals surface area contributed by atoms with Crippen molar-refractivity contribution in [3.05, 3.63) is 59.9 Å². The smallest absolute Gasteiger partial charge is 0.268 e. The Labute approximate surface area is 174 Å². The van der Waals surface area contributed by atoms with Crippen LogP contribution in [-0.4, -0.2) is 42.8 Å². The first-order chi connectivity index (χ1) is 14.6. The number of aryl methyl sites for hydroxylation is 1. The minimum Gasteiger partial charge on any atom is -0.375 e. The van der Waals surface area contributed by atoms with Gasteiger partial charge in [-0.05, 0) is 61.2 Å². The summed E-state index contributed by atoms with van der Waals surface area (Å²) < 4.78 is 28.5. The maximum absolute atomic E-state index is 13.6. The molecule has 30 heavy (non-hydrogen) atoms. The third kappa shape index (κ3) is 3.12. The van der Waals surface area contributed by atoms with Crippen LogP contribution in [0.5, 0.6) is 0 Å². The Morgan fingerprint density at radius 2 is 2.10 bits per heavy atom. The summed E-state index contributed by atoms with van der Waals surface area (Å²) in [6.45, 7) is 1.61. The van der Waals surface area contributed by atoms with Crippen LogP contribution in [0, 0.1) is 0 Å². The first kappa shape index (κ1) is 19.0. The Morgan fingerprint density at radius 1 is 1.20 bits per heavy atom. The second kappa shape index (κ2) is 7.37. The van der Waals surface area contributed by atoms with E-state index in [1.807, 2.05) is 6.07 Å². The molecule has 2 aliphatic heterocycles. The largest absolute Gasteiger partial charge is 0.375 e. The van der Waals surface area contributed by atoms with E-state index in [0.717, 1.165) is 48.9 Å². The average Bonchev–Trinajstić information content (AvgIpc) is 3.19. The minimum atomic E-state index is -3.84. The van der Waals surface area contributed by atoms with Gasteiger partial charge >= 0.3 is 0 Å². The van der Waals surface area contributed by atoms with E-state index < -0.39 is 10.0 Å². The molecule has 3 aromatic rings. The van der Waals surface area contributed by atoms with Gasteiger partial charge in [0.2, 0.25) is 0 Å². The highest BCUT2D eigenvalue weighted by Gasteiger charge is 2.25. The van der Waals surface area contributed by atoms with Gasteiger partial charge in [0.15, 0.2) is 0 Å². The van der Waals surface area contributed by atoms with Gasteiger partial charge in [0.25, 0.3) is 10.0 Å². The van der Waals surface area contributed by atoms with Crippen LogP contribution < -0.4 is 10.6 Å². The summed E-state index contributed by atoms with van der Waals surface area (Å²) in [5.74, 6) is 0. The molecule has 0 saturated heterocycles. The van der Waals surface area contributed by atoms with Crippen molar-refractivity contribution in [1.29, 1.82) is 0 Å². The van der Waals surface area contributed by atoms with Crippen LogP contribution in [0.15, 0.2) is 53.7 Å². The third-order valence-corrected chi connectivity index (χ3v) is 7.47. The van der Waals surface area contributed by atoms with Gasteiger partial charge in [0.05, 0.1) is 22.0 Å². The molecule has 2 aromatic heterocycles. The number of aromatic nitrogens is 2. The maximum atomic E-state index is 13.6. The maximum Gasteiger partial charge on any atom is 0.268 e. The van der Waals surface area contributed by atoms with E-state index in [4.69, 9.17) is 0 Å². The molecule has 0 spiro atoms. The predicted molar refractivity (Wildman–Crippen MR) is 116 cm³/mol. The summed E-state index contributed by atoms with van der Waals surface area (Å²) in [5, 5.41) is 6.41. The number of pyridine rings is 1. The van der Waals surface area contributed by atoms with Crippen molar-refractivity contribution in [3.63, 3.8) is 0 Å². The molecule has 2 aliphatic rings. The molecule has 5 rings (SSSR count). The summed E-state index contributed by atoms with van der Waals surface area (Å²) in [6, 6.07) is 8.35. The number of anilines is 1. The quantitative estimate of drug-likeness (QED) is 0.628. The number of fused-ring (bicyclic) bond motifs is 2. The van der Waals surface area contributed by atoms with E-state index in [9.17, 15) is 13.2 Å². The van der Waals surface area contributed by atoms with E-state index in [0.29, 0.717) is 23.1 Å². The molecule has 0 amide bonds. The number of hydrogen-bond acceptors (Lipinski definition) is 6. The lowest BCUT2D eigenvalue weighted by molar-refractivity contribution is -0.108. The van der Waals surface area contributed by atoms with E-state index in [-0.39, 0.29) is 10.9 Å². The fraction of sp³-hybridized carbons (Fsp3) is 0.273. The van der Waals surface area contributed by atoms with Crippen molar-refractivity contribution in [3.8, 4) is 0 Å². The van der Waals surface area contributed by atoms with Gasteiger partial charge in [-0.25, -0.2) is 12.4 Å². The topological polar surface area (TPSA) is 93.1 Å². The zero-order valence-corrected chi connectivity index (χ0v) is 17.2. The average molecular weight is 423 g/mol. The van der Waals surface area contributed by atoms with Crippen molar-refractivity contribution in [2.45, 2.75) is 30.2 Å². The fourth-order valence-electron chi connectivity index (χ4n) is 4.20. The molecule has 8 heteroatoms. The predicted octanol–water partition coefficient (Wildman–Crippen LogP) is 2.58. The van der Waals surface area contributed by atoms with Crippen molar-refractivity contribution in [1.82, 2.24) is 14.3 Å². The lowest BCUT2D eigenvalue weighted by atomic mass is 9.99. The van der Waals surface area contributed by atoms with E-state index in [1.165, 1.54) is 3.97 Å². The molecule has 4 heterocycles. The van der Waals surface area contributed by atoms with Crippen LogP contribution in [0.25, 0.3) is 16.6 Å². The zero-order valence-electron chi connectivity index (χ0n) is 16.3. The van der Waals surface area contributed by atoms with Crippen LogP contribution in [0.2, 0.25) is 0 Å². The Kier molecular flexibility index (Phi) is 4.67. The normalized spacial score (nSPS) is 19.1. The minimum absolute atomic E-state index is 0.187. The first-order valence-corrected chi connectivity index (χ1v) is 11.5. The van der Waals surface area contributed by atoms with Crippen molar-refractivity contribution < 1.29 is 13.2 Å². The van der Waals surface area contributed by atoms with Gasteiger partial charge in [0, 0.05) is 30.2 Å². The van der Waals surface area contributed by atoms with Gasteiger partial charge < -0.3 is 15.4 Å². The molecule has 0 fully saturated rings. The molecule has 1 atom stereocenters. The van der Waals surface area contributed by atoms with Crippen LogP contribution in [0.4, 0.5) is 5.69 Å². The van der Waals surface area contributed by atoms with Crippen LogP contribution in [0.1, 0.15) is 24.0 Å². The van der Waals surface area contributed by atoms with Crippen molar-refractivity contribution in [2.75, 3.05) is 18.4 Å². The monoisotopic (exact) mass is 422 g/mol. The van der Waals surface area contributed by atoms with Crippen molar-refractivity contribution >= 4 is 38.6 Å². The summed E-state index contributed by atoms with van der Waals surface area (Å²) >= 11 is 0. The zero-order chi connectivity index (χ0) is 20.7. The van der Waals surface area contributed by atoms with Gasteiger partial charge in [-0.3, -0.25) is 4.98 Å². The number of nitrogens with one attached hydrogen (secondary N) is 2. The molecule has 0 aliphatic carbocycles. The third-order valence-electron chi connectivity index (χ3n) is 5.80. The Hall–Kier alpha value is -2.97. The van der Waals surface area contributed by atoms with Gasteiger partial charge in [-0.1, -0.05) is 12.1 Å². The summed E-state index contributed by atoms with van der Waals surface area (Å²) in [5.41, 5.74) is 4.93. The molecule has 7 nitrogen and oxygen atoms in total. The number of hydrogen-bond donors (Lipinski definition) is 2. The first-order valence-electron chi connectivity index (χ1n) is 10.0. The SMILES string of the molecule is O=CC1CCc2ccc(S(=O)(=O)n3cc(C4=CCNCC4)c4ncccc43)cc2N1.